The summed E-state index contributed by atoms with van der Waals surface area (Å²) in [7, 11) is 1.70. The Kier molecular flexibility index (Phi) is 10.4. The quantitative estimate of drug-likeness (QED) is 0.169. The zero-order chi connectivity index (χ0) is 29.2. The van der Waals surface area contributed by atoms with Gasteiger partial charge in [-0.1, -0.05) is 55.8 Å². The lowest BCUT2D eigenvalue weighted by Gasteiger charge is -2.15. The van der Waals surface area contributed by atoms with Crippen LogP contribution in [0, 0.1) is 6.92 Å². The second-order valence-corrected chi connectivity index (χ2v) is 10.1. The van der Waals surface area contributed by atoms with E-state index in [9.17, 15) is 9.59 Å². The number of carbonyl (C=O) groups excluding carboxylic acids is 1. The summed E-state index contributed by atoms with van der Waals surface area (Å²) >= 11 is 0. The van der Waals surface area contributed by atoms with E-state index >= 15 is 0 Å². The number of nitrogens with zero attached hydrogens (tertiary/aromatic N) is 2. The summed E-state index contributed by atoms with van der Waals surface area (Å²) in [5, 5.41) is 18.3. The van der Waals surface area contributed by atoms with Crippen LogP contribution in [0.15, 0.2) is 77.7 Å². The minimum atomic E-state index is -0.239. The molecule has 0 saturated carbocycles. The molecule has 0 saturated heterocycles. The number of nitrogens with one attached hydrogen (secondary N) is 3. The van der Waals surface area contributed by atoms with Crippen LogP contribution >= 0.6 is 0 Å². The van der Waals surface area contributed by atoms with Gasteiger partial charge in [0.15, 0.2) is 5.82 Å². The SMILES string of the molecule is CCCCc1ccccc1C(=O)Nc1cccc(-c2cn(C)c(=O)c(Nc3ccc(CCNCCO)cc3)n2)c1C. The van der Waals surface area contributed by atoms with Crippen LogP contribution in [-0.2, 0) is 19.9 Å². The maximum atomic E-state index is 13.3. The predicted molar refractivity (Wildman–Crippen MR) is 166 cm³/mol. The summed E-state index contributed by atoms with van der Waals surface area (Å²) < 4.78 is 1.51. The first-order valence-corrected chi connectivity index (χ1v) is 14.2. The Morgan fingerprint density at radius 3 is 2.51 bits per heavy atom. The first-order chi connectivity index (χ1) is 19.9. The number of hydrogen-bond acceptors (Lipinski definition) is 6. The van der Waals surface area contributed by atoms with Crippen molar-refractivity contribution < 1.29 is 9.90 Å². The van der Waals surface area contributed by atoms with Crippen LogP contribution in [0.4, 0.5) is 17.2 Å². The number of aryl methyl sites for hydroxylation is 2. The van der Waals surface area contributed by atoms with Crippen LogP contribution in [0.1, 0.15) is 46.8 Å². The minimum Gasteiger partial charge on any atom is -0.395 e. The topological polar surface area (TPSA) is 108 Å². The van der Waals surface area contributed by atoms with Crippen molar-refractivity contribution in [1.29, 1.82) is 0 Å². The molecule has 0 bridgehead atoms. The number of benzene rings is 3. The highest BCUT2D eigenvalue weighted by Crippen LogP contribution is 2.28. The van der Waals surface area contributed by atoms with Crippen molar-refractivity contribution in [2.45, 2.75) is 39.5 Å². The molecule has 41 heavy (non-hydrogen) atoms. The standard InChI is InChI=1S/C33H39N5O3/c1-4-5-9-25-10-6-7-11-28(25)32(40)37-29-13-8-12-27(23(29)2)30-22-38(3)33(41)31(36-30)35-26-16-14-24(15-17-26)18-19-34-20-21-39/h6-8,10-17,22,34,39H,4-5,9,18-21H2,1-3H3,(H,35,36)(H,37,40). The molecule has 0 atom stereocenters. The van der Waals surface area contributed by atoms with Crippen molar-refractivity contribution in [3.05, 3.63) is 106 Å². The molecule has 8 heteroatoms. The zero-order valence-corrected chi connectivity index (χ0v) is 24.0. The molecule has 0 aliphatic carbocycles. The van der Waals surface area contributed by atoms with E-state index in [1.54, 1.807) is 13.2 Å². The summed E-state index contributed by atoms with van der Waals surface area (Å²) in [6.07, 6.45) is 5.51. The predicted octanol–water partition coefficient (Wildman–Crippen LogP) is 5.22. The van der Waals surface area contributed by atoms with E-state index in [1.165, 1.54) is 4.57 Å². The van der Waals surface area contributed by atoms with Crippen molar-refractivity contribution in [2.24, 2.45) is 7.05 Å². The Bertz CT molecular complexity index is 1530. The summed E-state index contributed by atoms with van der Waals surface area (Å²) in [6.45, 7) is 5.57. The lowest BCUT2D eigenvalue weighted by atomic mass is 10.0. The van der Waals surface area contributed by atoms with Gasteiger partial charge >= 0.3 is 0 Å². The molecule has 4 N–H and O–H groups in total. The number of carbonyl (C=O) groups is 1. The lowest BCUT2D eigenvalue weighted by Crippen LogP contribution is -2.22. The van der Waals surface area contributed by atoms with Gasteiger partial charge in [0, 0.05) is 42.3 Å². The van der Waals surface area contributed by atoms with Gasteiger partial charge in [-0.3, -0.25) is 9.59 Å². The van der Waals surface area contributed by atoms with Gasteiger partial charge in [0.1, 0.15) is 0 Å². The van der Waals surface area contributed by atoms with Gasteiger partial charge in [0.05, 0.1) is 12.3 Å². The summed E-state index contributed by atoms with van der Waals surface area (Å²) in [4.78, 5) is 30.9. The van der Waals surface area contributed by atoms with Gasteiger partial charge in [-0.15, -0.1) is 0 Å². The van der Waals surface area contributed by atoms with Crippen LogP contribution < -0.4 is 21.5 Å². The Morgan fingerprint density at radius 2 is 1.76 bits per heavy atom. The van der Waals surface area contributed by atoms with Gasteiger partial charge < -0.3 is 25.6 Å². The van der Waals surface area contributed by atoms with E-state index in [2.05, 4.69) is 27.9 Å². The normalized spacial score (nSPS) is 10.9. The van der Waals surface area contributed by atoms with E-state index in [4.69, 9.17) is 5.11 Å². The third-order valence-corrected chi connectivity index (χ3v) is 7.09. The largest absolute Gasteiger partial charge is 0.395 e. The van der Waals surface area contributed by atoms with Crippen LogP contribution in [0.25, 0.3) is 11.3 Å². The van der Waals surface area contributed by atoms with Crippen molar-refractivity contribution >= 4 is 23.1 Å². The molecule has 3 aromatic carbocycles. The molecule has 1 amide bonds. The van der Waals surface area contributed by atoms with Gasteiger partial charge in [0.25, 0.3) is 11.5 Å². The molecular weight excluding hydrogens is 514 g/mol. The first-order valence-electron chi connectivity index (χ1n) is 14.2. The Balaban J connectivity index is 1.55. The molecule has 0 radical (unpaired) electrons. The molecule has 4 aromatic rings. The fraction of sp³-hybridized carbons (Fsp3) is 0.303. The molecule has 214 valence electrons. The van der Waals surface area contributed by atoms with Crippen LogP contribution in [-0.4, -0.2) is 40.3 Å². The molecule has 1 aromatic heterocycles. The number of rotatable bonds is 13. The number of anilines is 3. The van der Waals surface area contributed by atoms with E-state index in [-0.39, 0.29) is 23.9 Å². The Labute approximate surface area is 241 Å². The molecule has 0 unspecified atom stereocenters. The Morgan fingerprint density at radius 1 is 0.976 bits per heavy atom. The number of aliphatic hydroxyl groups excluding tert-OH is 1. The summed E-state index contributed by atoms with van der Waals surface area (Å²) in [5.41, 5.74) is 6.42. The molecule has 0 aliphatic rings. The third kappa shape index (κ3) is 7.68. The maximum Gasteiger partial charge on any atom is 0.293 e. The number of aromatic nitrogens is 2. The van der Waals surface area contributed by atoms with Crippen LogP contribution in [0.2, 0.25) is 0 Å². The molecule has 0 spiro atoms. The highest BCUT2D eigenvalue weighted by molar-refractivity contribution is 6.06. The van der Waals surface area contributed by atoms with Crippen LogP contribution in [0.3, 0.4) is 0 Å². The highest BCUT2D eigenvalue weighted by atomic mass is 16.3. The molecule has 8 nitrogen and oxygen atoms in total. The average molecular weight is 554 g/mol. The van der Waals surface area contributed by atoms with E-state index < -0.39 is 0 Å². The Hall–Kier alpha value is -4.27. The highest BCUT2D eigenvalue weighted by Gasteiger charge is 2.16. The molecule has 4 rings (SSSR count). The number of unbranched alkanes of at least 4 members (excludes halogenated alkanes) is 1. The maximum absolute atomic E-state index is 13.3. The first kappa shape index (κ1) is 29.7. The minimum absolute atomic E-state index is 0.121. The number of aliphatic hydroxyl groups is 1. The van der Waals surface area contributed by atoms with Gasteiger partial charge in [0.2, 0.25) is 0 Å². The summed E-state index contributed by atoms with van der Waals surface area (Å²) in [6, 6.07) is 21.3. The third-order valence-electron chi connectivity index (χ3n) is 7.09. The van der Waals surface area contributed by atoms with E-state index in [0.29, 0.717) is 23.5 Å². The number of amides is 1. The number of hydrogen-bond donors (Lipinski definition) is 4. The fourth-order valence-corrected chi connectivity index (χ4v) is 4.71. The van der Waals surface area contributed by atoms with E-state index in [1.807, 2.05) is 73.7 Å². The molecule has 1 heterocycles. The molecule has 0 fully saturated rings. The van der Waals surface area contributed by atoms with Gasteiger partial charge in [-0.25, -0.2) is 4.98 Å². The van der Waals surface area contributed by atoms with Crippen LogP contribution in [0.5, 0.6) is 0 Å². The fourth-order valence-electron chi connectivity index (χ4n) is 4.71. The molecular formula is C33H39N5O3. The van der Waals surface area contributed by atoms with Crippen molar-refractivity contribution in [2.75, 3.05) is 30.3 Å². The zero-order valence-electron chi connectivity index (χ0n) is 24.0. The monoisotopic (exact) mass is 553 g/mol. The smallest absolute Gasteiger partial charge is 0.293 e. The average Bonchev–Trinajstić information content (AvgIpc) is 2.98. The van der Waals surface area contributed by atoms with E-state index in [0.717, 1.165) is 60.2 Å². The van der Waals surface area contributed by atoms with Gasteiger partial charge in [-0.2, -0.15) is 0 Å². The second-order valence-electron chi connectivity index (χ2n) is 10.1. The van der Waals surface area contributed by atoms with Crippen molar-refractivity contribution in [1.82, 2.24) is 14.9 Å². The lowest BCUT2D eigenvalue weighted by molar-refractivity contribution is 0.102. The molecule has 0 aliphatic heterocycles. The second kappa shape index (κ2) is 14.4. The van der Waals surface area contributed by atoms with Crippen molar-refractivity contribution in [3.8, 4) is 11.3 Å². The van der Waals surface area contributed by atoms with Crippen molar-refractivity contribution in [3.63, 3.8) is 0 Å². The van der Waals surface area contributed by atoms with Gasteiger partial charge in [-0.05, 0) is 73.7 Å². The summed E-state index contributed by atoms with van der Waals surface area (Å²) in [5.74, 6) is 0.0846.